The first kappa shape index (κ1) is 24.8. The summed E-state index contributed by atoms with van der Waals surface area (Å²) in [7, 11) is 4.82. The standard InChI is InChI=1S/C26H25N5O4S/c1-33-21-12-8-18(9-13-21)25-29-30-26(31(25)20-10-14-22(34-2)15-11-20)36-17-24(32)28-27-16-19-6-4-5-7-23(19)35-3/h4-16H,17H2,1-3H3,(H,28,32). The molecule has 0 spiro atoms. The van der Waals surface area contributed by atoms with Crippen molar-refractivity contribution in [3.63, 3.8) is 0 Å². The fourth-order valence-corrected chi connectivity index (χ4v) is 4.11. The van der Waals surface area contributed by atoms with Crippen molar-refractivity contribution in [2.75, 3.05) is 27.1 Å². The normalized spacial score (nSPS) is 10.9. The zero-order valence-electron chi connectivity index (χ0n) is 20.0. The Bertz CT molecular complexity index is 1340. The van der Waals surface area contributed by atoms with Gasteiger partial charge in [-0.05, 0) is 60.7 Å². The Labute approximate surface area is 213 Å². The van der Waals surface area contributed by atoms with Crippen LogP contribution in [0.5, 0.6) is 17.2 Å². The van der Waals surface area contributed by atoms with Crippen LogP contribution in [0, 0.1) is 0 Å². The molecule has 1 heterocycles. The van der Waals surface area contributed by atoms with Crippen molar-refractivity contribution < 1.29 is 19.0 Å². The Morgan fingerprint density at radius 3 is 2.25 bits per heavy atom. The predicted molar refractivity (Wildman–Crippen MR) is 139 cm³/mol. The summed E-state index contributed by atoms with van der Waals surface area (Å²) < 4.78 is 17.7. The molecule has 0 aliphatic carbocycles. The third-order valence-electron chi connectivity index (χ3n) is 5.18. The van der Waals surface area contributed by atoms with Crippen LogP contribution < -0.4 is 19.6 Å². The van der Waals surface area contributed by atoms with Crippen molar-refractivity contribution in [1.29, 1.82) is 0 Å². The minimum absolute atomic E-state index is 0.0974. The smallest absolute Gasteiger partial charge is 0.250 e. The molecule has 0 bridgehead atoms. The Hall–Kier alpha value is -4.31. The van der Waals surface area contributed by atoms with Crippen LogP contribution >= 0.6 is 11.8 Å². The number of hydrogen-bond donors (Lipinski definition) is 1. The van der Waals surface area contributed by atoms with E-state index >= 15 is 0 Å². The van der Waals surface area contributed by atoms with Gasteiger partial charge in [-0.3, -0.25) is 9.36 Å². The van der Waals surface area contributed by atoms with Crippen LogP contribution in [0.2, 0.25) is 0 Å². The number of nitrogens with zero attached hydrogens (tertiary/aromatic N) is 4. The second-order valence-corrected chi connectivity index (χ2v) is 8.33. The fourth-order valence-electron chi connectivity index (χ4n) is 3.36. The quantitative estimate of drug-likeness (QED) is 0.197. The van der Waals surface area contributed by atoms with Crippen LogP contribution in [-0.4, -0.2) is 54.0 Å². The third kappa shape index (κ3) is 5.84. The second kappa shape index (κ2) is 11.9. The Kier molecular flexibility index (Phi) is 8.20. The number of benzene rings is 3. The van der Waals surface area contributed by atoms with Crippen LogP contribution in [0.15, 0.2) is 83.1 Å². The highest BCUT2D eigenvalue weighted by Gasteiger charge is 2.17. The van der Waals surface area contributed by atoms with Gasteiger partial charge in [-0.15, -0.1) is 10.2 Å². The predicted octanol–water partition coefficient (Wildman–Crippen LogP) is 4.20. The number of thioether (sulfide) groups is 1. The number of amides is 1. The molecule has 36 heavy (non-hydrogen) atoms. The minimum Gasteiger partial charge on any atom is -0.497 e. The number of hydrogen-bond acceptors (Lipinski definition) is 8. The van der Waals surface area contributed by atoms with E-state index in [9.17, 15) is 4.79 Å². The van der Waals surface area contributed by atoms with E-state index in [-0.39, 0.29) is 11.7 Å². The molecule has 184 valence electrons. The third-order valence-corrected chi connectivity index (χ3v) is 6.11. The molecular formula is C26H25N5O4S. The highest BCUT2D eigenvalue weighted by molar-refractivity contribution is 7.99. The van der Waals surface area contributed by atoms with Crippen molar-refractivity contribution in [3.05, 3.63) is 78.4 Å². The van der Waals surface area contributed by atoms with Crippen molar-refractivity contribution in [1.82, 2.24) is 20.2 Å². The molecular weight excluding hydrogens is 478 g/mol. The number of methoxy groups -OCH3 is 3. The first-order valence-electron chi connectivity index (χ1n) is 10.9. The largest absolute Gasteiger partial charge is 0.497 e. The average Bonchev–Trinajstić information content (AvgIpc) is 3.36. The Morgan fingerprint density at radius 1 is 0.917 bits per heavy atom. The lowest BCUT2D eigenvalue weighted by atomic mass is 10.2. The summed E-state index contributed by atoms with van der Waals surface area (Å²) in [6.45, 7) is 0. The van der Waals surface area contributed by atoms with Crippen LogP contribution in [0.3, 0.4) is 0 Å². The molecule has 3 aromatic carbocycles. The zero-order valence-corrected chi connectivity index (χ0v) is 20.9. The summed E-state index contributed by atoms with van der Waals surface area (Å²) >= 11 is 1.26. The van der Waals surface area contributed by atoms with E-state index in [0.29, 0.717) is 16.7 Å². The molecule has 0 saturated heterocycles. The van der Waals surface area contributed by atoms with E-state index in [1.165, 1.54) is 11.8 Å². The SMILES string of the molecule is COc1ccc(-c2nnc(SCC(=O)NN=Cc3ccccc3OC)n2-c2ccc(OC)cc2)cc1. The van der Waals surface area contributed by atoms with Crippen molar-refractivity contribution in [2.24, 2.45) is 5.10 Å². The molecule has 4 rings (SSSR count). The number of carbonyl (C=O) groups is 1. The summed E-state index contributed by atoms with van der Waals surface area (Å²) in [5.41, 5.74) is 5.00. The van der Waals surface area contributed by atoms with Gasteiger partial charge in [0.15, 0.2) is 11.0 Å². The molecule has 0 saturated carbocycles. The van der Waals surface area contributed by atoms with Crippen LogP contribution in [0.25, 0.3) is 17.1 Å². The Morgan fingerprint density at radius 2 is 1.58 bits per heavy atom. The maximum absolute atomic E-state index is 12.5. The van der Waals surface area contributed by atoms with Gasteiger partial charge in [-0.25, -0.2) is 5.43 Å². The average molecular weight is 504 g/mol. The molecule has 4 aromatic rings. The van der Waals surface area contributed by atoms with Gasteiger partial charge in [0.05, 0.1) is 33.3 Å². The van der Waals surface area contributed by atoms with Gasteiger partial charge in [-0.1, -0.05) is 23.9 Å². The van der Waals surface area contributed by atoms with Gasteiger partial charge in [0, 0.05) is 16.8 Å². The van der Waals surface area contributed by atoms with Gasteiger partial charge in [0.25, 0.3) is 5.91 Å². The summed E-state index contributed by atoms with van der Waals surface area (Å²) in [5, 5.41) is 13.4. The lowest BCUT2D eigenvalue weighted by Gasteiger charge is -2.11. The van der Waals surface area contributed by atoms with Gasteiger partial charge >= 0.3 is 0 Å². The van der Waals surface area contributed by atoms with Crippen molar-refractivity contribution in [3.8, 4) is 34.3 Å². The lowest BCUT2D eigenvalue weighted by molar-refractivity contribution is -0.118. The molecule has 0 aliphatic rings. The molecule has 0 fully saturated rings. The number of carbonyl (C=O) groups excluding carboxylic acids is 1. The first-order valence-corrected chi connectivity index (χ1v) is 11.9. The number of para-hydroxylation sites is 1. The van der Waals surface area contributed by atoms with E-state index in [1.807, 2.05) is 77.4 Å². The van der Waals surface area contributed by atoms with E-state index in [2.05, 4.69) is 20.7 Å². The molecule has 1 amide bonds. The van der Waals surface area contributed by atoms with Crippen LogP contribution in [-0.2, 0) is 4.79 Å². The molecule has 1 aromatic heterocycles. The summed E-state index contributed by atoms with van der Waals surface area (Å²) in [6.07, 6.45) is 1.54. The summed E-state index contributed by atoms with van der Waals surface area (Å²) in [5.74, 6) is 2.61. The van der Waals surface area contributed by atoms with Gasteiger partial charge in [-0.2, -0.15) is 5.10 Å². The molecule has 0 atom stereocenters. The monoisotopic (exact) mass is 503 g/mol. The zero-order chi connectivity index (χ0) is 25.3. The molecule has 9 nitrogen and oxygen atoms in total. The number of hydrazone groups is 1. The van der Waals surface area contributed by atoms with Crippen LogP contribution in [0.1, 0.15) is 5.56 Å². The van der Waals surface area contributed by atoms with E-state index in [4.69, 9.17) is 14.2 Å². The molecule has 0 radical (unpaired) electrons. The van der Waals surface area contributed by atoms with E-state index < -0.39 is 0 Å². The molecule has 10 heteroatoms. The molecule has 0 unspecified atom stereocenters. The summed E-state index contributed by atoms with van der Waals surface area (Å²) in [4.78, 5) is 12.5. The van der Waals surface area contributed by atoms with E-state index in [1.54, 1.807) is 27.5 Å². The highest BCUT2D eigenvalue weighted by atomic mass is 32.2. The number of nitrogens with one attached hydrogen (secondary N) is 1. The van der Waals surface area contributed by atoms with Gasteiger partial charge in [0.2, 0.25) is 0 Å². The van der Waals surface area contributed by atoms with Crippen LogP contribution in [0.4, 0.5) is 0 Å². The van der Waals surface area contributed by atoms with Crippen molar-refractivity contribution >= 4 is 23.9 Å². The number of ether oxygens (including phenoxy) is 3. The maximum atomic E-state index is 12.5. The van der Waals surface area contributed by atoms with E-state index in [0.717, 1.165) is 28.3 Å². The van der Waals surface area contributed by atoms with Gasteiger partial charge < -0.3 is 14.2 Å². The lowest BCUT2D eigenvalue weighted by Crippen LogP contribution is -2.20. The van der Waals surface area contributed by atoms with Gasteiger partial charge in [0.1, 0.15) is 17.2 Å². The van der Waals surface area contributed by atoms with Crippen molar-refractivity contribution in [2.45, 2.75) is 5.16 Å². The minimum atomic E-state index is -0.276. The highest BCUT2D eigenvalue weighted by Crippen LogP contribution is 2.29. The number of aromatic nitrogens is 3. The number of rotatable bonds is 10. The molecule has 1 N–H and O–H groups in total. The molecule has 0 aliphatic heterocycles. The first-order chi connectivity index (χ1) is 17.6. The Balaban J connectivity index is 1.53. The maximum Gasteiger partial charge on any atom is 0.250 e. The summed E-state index contributed by atoms with van der Waals surface area (Å²) in [6, 6.07) is 22.5. The fraction of sp³-hybridized carbons (Fsp3) is 0.154. The second-order valence-electron chi connectivity index (χ2n) is 7.39. The topological polar surface area (TPSA) is 99.9 Å².